The zero-order valence-electron chi connectivity index (χ0n) is 11.5. The molecule has 6 heteroatoms. The van der Waals surface area contributed by atoms with Crippen molar-refractivity contribution in [1.29, 1.82) is 0 Å². The van der Waals surface area contributed by atoms with Crippen LogP contribution in [0.5, 0.6) is 0 Å². The van der Waals surface area contributed by atoms with Crippen molar-refractivity contribution in [2.75, 3.05) is 6.54 Å². The van der Waals surface area contributed by atoms with Crippen molar-refractivity contribution in [1.82, 2.24) is 4.90 Å². The molecule has 0 aliphatic carbocycles. The minimum atomic E-state index is -1.11. The van der Waals surface area contributed by atoms with Gasteiger partial charge in [-0.1, -0.05) is 0 Å². The third-order valence-electron chi connectivity index (χ3n) is 3.75. The number of carbonyl (C=O) groups excluding carboxylic acids is 2. The van der Waals surface area contributed by atoms with Gasteiger partial charge in [0.2, 0.25) is 11.8 Å². The first-order valence-corrected chi connectivity index (χ1v) is 6.26. The number of carboxylic acids is 1. The van der Waals surface area contributed by atoms with Crippen LogP contribution < -0.4 is 5.73 Å². The number of carboxylic acid groups (broad SMARTS) is 1. The summed E-state index contributed by atoms with van der Waals surface area (Å²) in [4.78, 5) is 35.9. The third-order valence-corrected chi connectivity index (χ3v) is 3.75. The monoisotopic (exact) mass is 268 g/mol. The number of nitrogens with zero attached hydrogens (tertiary/aromatic N) is 1. The number of rotatable bonds is 3. The van der Waals surface area contributed by atoms with Gasteiger partial charge in [0, 0.05) is 23.7 Å². The Bertz CT molecular complexity index is 442. The first-order chi connectivity index (χ1) is 8.75. The molecule has 0 radical (unpaired) electrons. The highest BCUT2D eigenvalue weighted by Gasteiger charge is 2.32. The van der Waals surface area contributed by atoms with E-state index in [1.54, 1.807) is 4.90 Å². The topological polar surface area (TPSA) is 101 Å². The summed E-state index contributed by atoms with van der Waals surface area (Å²) in [6.07, 6.45) is 1.36. The predicted molar refractivity (Wildman–Crippen MR) is 69.1 cm³/mol. The van der Waals surface area contributed by atoms with Gasteiger partial charge in [0.05, 0.1) is 5.92 Å². The summed E-state index contributed by atoms with van der Waals surface area (Å²) >= 11 is 0. The lowest BCUT2D eigenvalue weighted by molar-refractivity contribution is -0.136. The van der Waals surface area contributed by atoms with Crippen LogP contribution in [0.2, 0.25) is 0 Å². The Morgan fingerprint density at radius 1 is 1.16 bits per heavy atom. The lowest BCUT2D eigenvalue weighted by atomic mass is 9.92. The maximum atomic E-state index is 12.3. The quantitative estimate of drug-likeness (QED) is 0.728. The summed E-state index contributed by atoms with van der Waals surface area (Å²) in [5, 5.41) is 8.90. The fourth-order valence-corrected chi connectivity index (χ4v) is 2.16. The summed E-state index contributed by atoms with van der Waals surface area (Å²) < 4.78 is 0. The molecule has 6 nitrogen and oxygen atoms in total. The van der Waals surface area contributed by atoms with E-state index in [2.05, 4.69) is 0 Å². The molecule has 1 aliphatic rings. The van der Waals surface area contributed by atoms with Crippen LogP contribution in [0.3, 0.4) is 0 Å². The molecule has 1 saturated heterocycles. The highest BCUT2D eigenvalue weighted by Crippen LogP contribution is 2.23. The van der Waals surface area contributed by atoms with Crippen molar-refractivity contribution >= 4 is 17.8 Å². The largest absolute Gasteiger partial charge is 0.478 e. The summed E-state index contributed by atoms with van der Waals surface area (Å²) in [5.74, 6) is -2.21. The van der Waals surface area contributed by atoms with E-state index in [9.17, 15) is 14.4 Å². The predicted octanol–water partition coefficient (Wildman–Crippen LogP) is 0.520. The van der Waals surface area contributed by atoms with Crippen molar-refractivity contribution < 1.29 is 19.5 Å². The van der Waals surface area contributed by atoms with Crippen molar-refractivity contribution in [2.45, 2.75) is 39.7 Å². The van der Waals surface area contributed by atoms with Gasteiger partial charge < -0.3 is 15.7 Å². The SMILES string of the molecule is CC(C(=O)O)=C(C)C(=O)N1CC(C(N)=O)CCC1C. The van der Waals surface area contributed by atoms with Crippen molar-refractivity contribution in [3.05, 3.63) is 11.1 Å². The molecular formula is C13H20N2O4. The Balaban J connectivity index is 2.94. The van der Waals surface area contributed by atoms with Gasteiger partial charge in [0.15, 0.2) is 0 Å². The first kappa shape index (κ1) is 15.2. The molecule has 0 aromatic heterocycles. The molecule has 19 heavy (non-hydrogen) atoms. The molecule has 0 bridgehead atoms. The number of hydrogen-bond acceptors (Lipinski definition) is 3. The highest BCUT2D eigenvalue weighted by atomic mass is 16.4. The minimum absolute atomic E-state index is 0.0142. The maximum Gasteiger partial charge on any atom is 0.331 e. The Morgan fingerprint density at radius 3 is 2.21 bits per heavy atom. The second-order valence-corrected chi connectivity index (χ2v) is 5.04. The molecule has 1 rings (SSSR count). The fraction of sp³-hybridized carbons (Fsp3) is 0.615. The number of piperidine rings is 1. The average Bonchev–Trinajstić information content (AvgIpc) is 2.36. The van der Waals surface area contributed by atoms with E-state index in [4.69, 9.17) is 10.8 Å². The number of hydrogen-bond donors (Lipinski definition) is 2. The number of likely N-dealkylation sites (tertiary alicyclic amines) is 1. The lowest BCUT2D eigenvalue weighted by Crippen LogP contribution is -2.49. The van der Waals surface area contributed by atoms with Gasteiger partial charge in [-0.3, -0.25) is 9.59 Å². The van der Waals surface area contributed by atoms with Crippen molar-refractivity contribution in [2.24, 2.45) is 11.7 Å². The third kappa shape index (κ3) is 3.33. The molecule has 2 unspecified atom stereocenters. The number of carbonyl (C=O) groups is 3. The molecule has 106 valence electrons. The van der Waals surface area contributed by atoms with Gasteiger partial charge in [-0.2, -0.15) is 0 Å². The standard InChI is InChI=1S/C13H20N2O4/c1-7-4-5-10(11(14)16)6-15(7)12(17)8(2)9(3)13(18)19/h7,10H,4-6H2,1-3H3,(H2,14,16)(H,18,19). The van der Waals surface area contributed by atoms with E-state index in [1.807, 2.05) is 6.92 Å². The normalized spacial score (nSPS) is 24.7. The number of primary amides is 1. The maximum absolute atomic E-state index is 12.3. The summed E-state index contributed by atoms with van der Waals surface area (Å²) in [7, 11) is 0. The van der Waals surface area contributed by atoms with Crippen LogP contribution in [0.15, 0.2) is 11.1 Å². The molecule has 0 aromatic rings. The zero-order chi connectivity index (χ0) is 14.7. The van der Waals surface area contributed by atoms with Gasteiger partial charge >= 0.3 is 5.97 Å². The molecule has 1 aliphatic heterocycles. The van der Waals surface area contributed by atoms with E-state index in [-0.39, 0.29) is 35.6 Å². The second kappa shape index (κ2) is 5.86. The van der Waals surface area contributed by atoms with E-state index in [0.717, 1.165) is 0 Å². The number of nitrogens with two attached hydrogens (primary N) is 1. The van der Waals surface area contributed by atoms with Crippen LogP contribution in [0.4, 0.5) is 0 Å². The van der Waals surface area contributed by atoms with E-state index in [1.165, 1.54) is 13.8 Å². The van der Waals surface area contributed by atoms with E-state index < -0.39 is 11.9 Å². The smallest absolute Gasteiger partial charge is 0.331 e. The molecule has 2 amide bonds. The fourth-order valence-electron chi connectivity index (χ4n) is 2.16. The van der Waals surface area contributed by atoms with Gasteiger partial charge in [-0.05, 0) is 33.6 Å². The van der Waals surface area contributed by atoms with Crippen LogP contribution >= 0.6 is 0 Å². The Labute approximate surface area is 112 Å². The van der Waals surface area contributed by atoms with Crippen LogP contribution in [0.1, 0.15) is 33.6 Å². The van der Waals surface area contributed by atoms with Gasteiger partial charge in [-0.25, -0.2) is 4.79 Å². The van der Waals surface area contributed by atoms with Crippen molar-refractivity contribution in [3.8, 4) is 0 Å². The molecule has 0 spiro atoms. The molecule has 0 aromatic carbocycles. The van der Waals surface area contributed by atoms with Crippen molar-refractivity contribution in [3.63, 3.8) is 0 Å². The summed E-state index contributed by atoms with van der Waals surface area (Å²) in [5.41, 5.74) is 5.50. The van der Waals surface area contributed by atoms with Crippen LogP contribution in [0.25, 0.3) is 0 Å². The average molecular weight is 268 g/mol. The molecule has 1 fully saturated rings. The van der Waals surface area contributed by atoms with Gasteiger partial charge in [-0.15, -0.1) is 0 Å². The van der Waals surface area contributed by atoms with Crippen LogP contribution in [-0.2, 0) is 14.4 Å². The minimum Gasteiger partial charge on any atom is -0.478 e. The number of amides is 2. The zero-order valence-corrected chi connectivity index (χ0v) is 11.5. The molecule has 3 N–H and O–H groups in total. The molecule has 1 heterocycles. The Hall–Kier alpha value is -1.85. The van der Waals surface area contributed by atoms with Crippen LogP contribution in [0, 0.1) is 5.92 Å². The lowest BCUT2D eigenvalue weighted by Gasteiger charge is -2.37. The number of aliphatic carboxylic acids is 1. The summed E-state index contributed by atoms with van der Waals surface area (Å²) in [6.45, 7) is 5.04. The Kier molecular flexibility index (Phi) is 4.69. The second-order valence-electron chi connectivity index (χ2n) is 5.04. The first-order valence-electron chi connectivity index (χ1n) is 6.26. The van der Waals surface area contributed by atoms with Crippen LogP contribution in [-0.4, -0.2) is 40.4 Å². The van der Waals surface area contributed by atoms with E-state index in [0.29, 0.717) is 12.8 Å². The summed E-state index contributed by atoms with van der Waals surface area (Å²) in [6, 6.07) is -0.0142. The van der Waals surface area contributed by atoms with Gasteiger partial charge in [0.1, 0.15) is 0 Å². The molecular weight excluding hydrogens is 248 g/mol. The molecule has 0 saturated carbocycles. The van der Waals surface area contributed by atoms with E-state index >= 15 is 0 Å². The Morgan fingerprint density at radius 2 is 1.74 bits per heavy atom. The molecule has 2 atom stereocenters. The van der Waals surface area contributed by atoms with Gasteiger partial charge in [0.25, 0.3) is 0 Å². The highest BCUT2D eigenvalue weighted by molar-refractivity contribution is 6.01.